The van der Waals surface area contributed by atoms with Crippen molar-refractivity contribution in [2.24, 2.45) is 11.8 Å². The first-order valence-corrected chi connectivity index (χ1v) is 16.6. The van der Waals surface area contributed by atoms with E-state index in [1.54, 1.807) is 6.07 Å². The van der Waals surface area contributed by atoms with Gasteiger partial charge >= 0.3 is 0 Å². The van der Waals surface area contributed by atoms with Crippen LogP contribution in [0.5, 0.6) is 0 Å². The quantitative estimate of drug-likeness (QED) is 0.200. The Hall–Kier alpha value is -3.55. The van der Waals surface area contributed by atoms with E-state index in [9.17, 15) is 12.8 Å². The zero-order valence-corrected chi connectivity index (χ0v) is 27.0. The molecule has 13 heteroatoms. The van der Waals surface area contributed by atoms with Gasteiger partial charge in [0.2, 0.25) is 5.95 Å². The number of benzene rings is 1. The summed E-state index contributed by atoms with van der Waals surface area (Å²) in [5, 5.41) is 6.58. The lowest BCUT2D eigenvalue weighted by atomic mass is 9.74. The van der Waals surface area contributed by atoms with Crippen molar-refractivity contribution in [1.29, 1.82) is 0 Å². The topological polar surface area (TPSA) is 135 Å². The van der Waals surface area contributed by atoms with Gasteiger partial charge in [-0.15, -0.1) is 0 Å². The Morgan fingerprint density at radius 2 is 1.68 bits per heavy atom. The van der Waals surface area contributed by atoms with E-state index in [4.69, 9.17) is 9.54 Å². The van der Waals surface area contributed by atoms with E-state index in [0.29, 0.717) is 46.7 Å². The van der Waals surface area contributed by atoms with Crippen molar-refractivity contribution in [3.63, 3.8) is 0 Å². The van der Waals surface area contributed by atoms with Crippen LogP contribution in [0.25, 0.3) is 22.3 Å². The molecular weight excluding hydrogens is 588 g/mol. The molecule has 0 radical (unpaired) electrons. The normalized spacial score (nSPS) is 15.0. The second-order valence-electron chi connectivity index (χ2n) is 11.9. The first kappa shape index (κ1) is 33.3. The molecule has 0 amide bonds. The highest BCUT2D eigenvalue weighted by Crippen LogP contribution is 2.38. The number of imidazole rings is 1. The SMILES string of the molecule is CS(=O)(=O)O.Cc1nc(Nc2ncc(F)c(-c3cc(F)c4nc(C)n(C(C)C)c4c3)n2)ccc1C(C(C)C)C1CCNCC1. The van der Waals surface area contributed by atoms with Crippen molar-refractivity contribution in [3.05, 3.63) is 59.2 Å². The Bertz CT molecular complexity index is 1730. The molecule has 4 aromatic rings. The van der Waals surface area contributed by atoms with Gasteiger partial charge < -0.3 is 15.2 Å². The molecule has 1 aliphatic rings. The van der Waals surface area contributed by atoms with Gasteiger partial charge in [0.05, 0.1) is 18.0 Å². The Morgan fingerprint density at radius 3 is 2.27 bits per heavy atom. The molecule has 0 saturated carbocycles. The van der Waals surface area contributed by atoms with E-state index >= 15 is 4.39 Å². The summed E-state index contributed by atoms with van der Waals surface area (Å²) in [4.78, 5) is 17.7. The number of aromatic nitrogens is 5. The maximum Gasteiger partial charge on any atom is 0.261 e. The largest absolute Gasteiger partial charge is 0.326 e. The third kappa shape index (κ3) is 7.93. The minimum atomic E-state index is -3.67. The second kappa shape index (κ2) is 13.6. The van der Waals surface area contributed by atoms with Crippen molar-refractivity contribution in [1.82, 2.24) is 29.8 Å². The van der Waals surface area contributed by atoms with Crippen LogP contribution in [0.2, 0.25) is 0 Å². The summed E-state index contributed by atoms with van der Waals surface area (Å²) in [6.45, 7) is 14.5. The number of hydrogen-bond acceptors (Lipinski definition) is 8. The first-order valence-electron chi connectivity index (χ1n) is 14.7. The van der Waals surface area contributed by atoms with Gasteiger partial charge in [0.1, 0.15) is 22.9 Å². The Labute approximate surface area is 257 Å². The molecular formula is C31H41F2N7O3S. The number of halogens is 2. The first-order chi connectivity index (χ1) is 20.6. The lowest BCUT2D eigenvalue weighted by Gasteiger charge is -2.34. The Kier molecular flexibility index (Phi) is 10.3. The molecule has 3 N–H and O–H groups in total. The summed E-state index contributed by atoms with van der Waals surface area (Å²) < 4.78 is 57.8. The Morgan fingerprint density at radius 1 is 1.02 bits per heavy atom. The molecule has 0 spiro atoms. The third-order valence-electron chi connectivity index (χ3n) is 7.79. The van der Waals surface area contributed by atoms with E-state index in [1.165, 1.54) is 24.5 Å². The highest BCUT2D eigenvalue weighted by Gasteiger charge is 2.29. The third-order valence-corrected chi connectivity index (χ3v) is 7.79. The minimum absolute atomic E-state index is 0.0154. The molecule has 1 fully saturated rings. The van der Waals surface area contributed by atoms with Gasteiger partial charge in [-0.2, -0.15) is 8.42 Å². The molecule has 44 heavy (non-hydrogen) atoms. The van der Waals surface area contributed by atoms with Crippen LogP contribution >= 0.6 is 0 Å². The molecule has 0 aliphatic carbocycles. The average molecular weight is 630 g/mol. The number of anilines is 2. The van der Waals surface area contributed by atoms with Crippen molar-refractivity contribution in [2.45, 2.75) is 66.3 Å². The number of piperidine rings is 1. The fourth-order valence-corrected chi connectivity index (χ4v) is 6.16. The fourth-order valence-electron chi connectivity index (χ4n) is 6.16. The predicted molar refractivity (Wildman–Crippen MR) is 169 cm³/mol. The van der Waals surface area contributed by atoms with Gasteiger partial charge in [0.15, 0.2) is 11.6 Å². The minimum Gasteiger partial charge on any atom is -0.326 e. The van der Waals surface area contributed by atoms with E-state index < -0.39 is 21.8 Å². The van der Waals surface area contributed by atoms with Gasteiger partial charge in [-0.1, -0.05) is 19.9 Å². The summed E-state index contributed by atoms with van der Waals surface area (Å²) in [7, 11) is -3.67. The van der Waals surface area contributed by atoms with Crippen molar-refractivity contribution < 1.29 is 21.8 Å². The molecule has 238 valence electrons. The van der Waals surface area contributed by atoms with Crippen molar-refractivity contribution in [3.8, 4) is 11.3 Å². The maximum absolute atomic E-state index is 15.0. The van der Waals surface area contributed by atoms with Gasteiger partial charge in [0.25, 0.3) is 10.1 Å². The molecule has 1 atom stereocenters. The van der Waals surface area contributed by atoms with Crippen molar-refractivity contribution in [2.75, 3.05) is 24.7 Å². The number of aryl methyl sites for hydroxylation is 2. The summed E-state index contributed by atoms with van der Waals surface area (Å²) in [6.07, 6.45) is 4.15. The molecule has 1 saturated heterocycles. The zero-order valence-electron chi connectivity index (χ0n) is 26.2. The number of rotatable bonds is 7. The molecule has 0 bridgehead atoms. The lowest BCUT2D eigenvalue weighted by Crippen LogP contribution is -2.32. The highest BCUT2D eigenvalue weighted by atomic mass is 32.2. The van der Waals surface area contributed by atoms with Crippen molar-refractivity contribution >= 4 is 32.9 Å². The van der Waals surface area contributed by atoms with E-state index in [0.717, 1.165) is 25.0 Å². The average Bonchev–Trinajstić information content (AvgIpc) is 3.27. The van der Waals surface area contributed by atoms with Crippen LogP contribution in [0.15, 0.2) is 30.5 Å². The van der Waals surface area contributed by atoms with Gasteiger partial charge in [-0.25, -0.2) is 28.7 Å². The standard InChI is InChI=1S/C30H37F2N7.CH4O3S/c1-16(2)27(20-9-11-33-12-10-20)22-7-8-26(35-18(22)5)37-30-34-15-24(32)28(38-30)21-13-23(31)29-25(14-21)39(17(3)4)19(6)36-29;1-5(2,3)4/h7-8,13-17,20,27,33H,9-12H2,1-6H3,(H,34,35,37,38);1H3,(H,2,3,4). The van der Waals surface area contributed by atoms with E-state index in [1.807, 2.05) is 38.3 Å². The van der Waals surface area contributed by atoms with E-state index in [2.05, 4.69) is 45.5 Å². The van der Waals surface area contributed by atoms with Crippen LogP contribution in [0.3, 0.4) is 0 Å². The fraction of sp³-hybridized carbons (Fsp3) is 0.484. The molecule has 10 nitrogen and oxygen atoms in total. The van der Waals surface area contributed by atoms with Gasteiger partial charge in [-0.05, 0) is 95.1 Å². The number of pyridine rings is 1. The van der Waals surface area contributed by atoms with Crippen LogP contribution in [-0.4, -0.2) is 56.8 Å². The summed E-state index contributed by atoms with van der Waals surface area (Å²) >= 11 is 0. The zero-order chi connectivity index (χ0) is 32.3. The van der Waals surface area contributed by atoms with Crippen LogP contribution in [0.4, 0.5) is 20.5 Å². The number of nitrogens with one attached hydrogen (secondary N) is 2. The van der Waals surface area contributed by atoms with Crippen LogP contribution in [-0.2, 0) is 10.1 Å². The summed E-state index contributed by atoms with van der Waals surface area (Å²) in [6, 6.07) is 7.15. The molecule has 1 aliphatic heterocycles. The number of nitrogens with zero attached hydrogens (tertiary/aromatic N) is 5. The molecule has 5 rings (SSSR count). The Balaban J connectivity index is 0.000000818. The van der Waals surface area contributed by atoms with Gasteiger partial charge in [-0.3, -0.25) is 4.55 Å². The van der Waals surface area contributed by atoms with Gasteiger partial charge in [0, 0.05) is 17.3 Å². The molecule has 1 aromatic carbocycles. The van der Waals surface area contributed by atoms with Crippen LogP contribution in [0.1, 0.15) is 69.6 Å². The maximum atomic E-state index is 15.0. The van der Waals surface area contributed by atoms with Crippen LogP contribution in [0, 0.1) is 37.3 Å². The summed E-state index contributed by atoms with van der Waals surface area (Å²) in [5.74, 6) is 1.90. The van der Waals surface area contributed by atoms with E-state index in [-0.39, 0.29) is 23.2 Å². The van der Waals surface area contributed by atoms with Crippen LogP contribution < -0.4 is 10.6 Å². The number of hydrogen-bond donors (Lipinski definition) is 3. The smallest absolute Gasteiger partial charge is 0.261 e. The molecule has 4 heterocycles. The highest BCUT2D eigenvalue weighted by molar-refractivity contribution is 7.85. The molecule has 3 aromatic heterocycles. The monoisotopic (exact) mass is 629 g/mol. The molecule has 1 unspecified atom stereocenters. The predicted octanol–water partition coefficient (Wildman–Crippen LogP) is 6.35. The second-order valence-corrected chi connectivity index (χ2v) is 13.4. The summed E-state index contributed by atoms with van der Waals surface area (Å²) in [5.41, 5.74) is 3.44. The lowest BCUT2D eigenvalue weighted by molar-refractivity contribution is 0.270. The number of fused-ring (bicyclic) bond motifs is 1.